The van der Waals surface area contributed by atoms with E-state index in [2.05, 4.69) is 10.3 Å². The van der Waals surface area contributed by atoms with E-state index < -0.39 is 4.92 Å². The Kier molecular flexibility index (Phi) is 5.38. The van der Waals surface area contributed by atoms with Crippen LogP contribution < -0.4 is 5.32 Å². The standard InChI is InChI=1S/C19H18N4O3/c24-19(16-8-4-9-17(14-16)23(25)26)21-10-5-12-22-13-11-20-18(22)15-6-2-1-3-7-15/h1-4,6-9,11,13-14H,5,10,12H2,(H,21,24). The van der Waals surface area contributed by atoms with Crippen LogP contribution in [0.15, 0.2) is 67.0 Å². The van der Waals surface area contributed by atoms with E-state index in [1.807, 2.05) is 41.1 Å². The number of nitrogens with one attached hydrogen (secondary N) is 1. The number of hydrogen-bond donors (Lipinski definition) is 1. The van der Waals surface area contributed by atoms with Crippen molar-refractivity contribution in [2.24, 2.45) is 0 Å². The van der Waals surface area contributed by atoms with Gasteiger partial charge in [0.05, 0.1) is 4.92 Å². The van der Waals surface area contributed by atoms with Crippen molar-refractivity contribution in [1.29, 1.82) is 0 Å². The van der Waals surface area contributed by atoms with Crippen LogP contribution in [0.1, 0.15) is 16.8 Å². The Hall–Kier alpha value is -3.48. The van der Waals surface area contributed by atoms with Crippen LogP contribution in [0.5, 0.6) is 0 Å². The Balaban J connectivity index is 1.54. The van der Waals surface area contributed by atoms with Gasteiger partial charge in [-0.2, -0.15) is 0 Å². The van der Waals surface area contributed by atoms with Crippen molar-refractivity contribution in [3.63, 3.8) is 0 Å². The normalized spacial score (nSPS) is 10.5. The first-order valence-corrected chi connectivity index (χ1v) is 8.24. The average molecular weight is 350 g/mol. The Labute approximate surface area is 150 Å². The van der Waals surface area contributed by atoms with Crippen molar-refractivity contribution in [3.05, 3.63) is 82.7 Å². The lowest BCUT2D eigenvalue weighted by Crippen LogP contribution is -2.25. The third kappa shape index (κ3) is 4.13. The minimum Gasteiger partial charge on any atom is -0.352 e. The lowest BCUT2D eigenvalue weighted by atomic mass is 10.2. The Morgan fingerprint density at radius 2 is 1.96 bits per heavy atom. The van der Waals surface area contributed by atoms with Gasteiger partial charge in [-0.3, -0.25) is 14.9 Å². The highest BCUT2D eigenvalue weighted by Gasteiger charge is 2.11. The summed E-state index contributed by atoms with van der Waals surface area (Å²) in [5.74, 6) is 0.568. The number of rotatable bonds is 7. The molecule has 0 spiro atoms. The highest BCUT2D eigenvalue weighted by molar-refractivity contribution is 5.94. The summed E-state index contributed by atoms with van der Waals surface area (Å²) < 4.78 is 2.04. The maximum atomic E-state index is 12.1. The smallest absolute Gasteiger partial charge is 0.270 e. The van der Waals surface area contributed by atoms with Crippen molar-refractivity contribution in [1.82, 2.24) is 14.9 Å². The largest absolute Gasteiger partial charge is 0.352 e. The average Bonchev–Trinajstić information content (AvgIpc) is 3.14. The van der Waals surface area contributed by atoms with E-state index in [-0.39, 0.29) is 17.2 Å². The molecule has 1 N–H and O–H groups in total. The molecule has 0 radical (unpaired) electrons. The number of nitro groups is 1. The first kappa shape index (κ1) is 17.3. The van der Waals surface area contributed by atoms with E-state index in [1.54, 1.807) is 12.3 Å². The van der Waals surface area contributed by atoms with Crippen molar-refractivity contribution in [2.45, 2.75) is 13.0 Å². The predicted molar refractivity (Wildman–Crippen MR) is 97.7 cm³/mol. The Morgan fingerprint density at radius 1 is 1.15 bits per heavy atom. The zero-order chi connectivity index (χ0) is 18.4. The maximum absolute atomic E-state index is 12.1. The highest BCUT2D eigenvalue weighted by Crippen LogP contribution is 2.17. The van der Waals surface area contributed by atoms with Gasteiger partial charge in [-0.05, 0) is 12.5 Å². The fourth-order valence-corrected chi connectivity index (χ4v) is 2.65. The third-order valence-corrected chi connectivity index (χ3v) is 3.93. The van der Waals surface area contributed by atoms with Gasteiger partial charge in [0.15, 0.2) is 0 Å². The number of benzene rings is 2. The molecule has 1 aromatic heterocycles. The minimum absolute atomic E-state index is 0.0939. The number of carbonyl (C=O) groups is 1. The van der Waals surface area contributed by atoms with Crippen molar-refractivity contribution < 1.29 is 9.72 Å². The zero-order valence-corrected chi connectivity index (χ0v) is 14.0. The van der Waals surface area contributed by atoms with Gasteiger partial charge in [-0.15, -0.1) is 0 Å². The van der Waals surface area contributed by atoms with Gasteiger partial charge in [0.2, 0.25) is 0 Å². The van der Waals surface area contributed by atoms with Crippen LogP contribution in [0.2, 0.25) is 0 Å². The summed E-state index contributed by atoms with van der Waals surface area (Å²) in [4.78, 5) is 26.8. The number of hydrogen-bond acceptors (Lipinski definition) is 4. The molecule has 3 rings (SSSR count). The van der Waals surface area contributed by atoms with Crippen molar-refractivity contribution >= 4 is 11.6 Å². The number of nitrogens with zero attached hydrogens (tertiary/aromatic N) is 3. The first-order chi connectivity index (χ1) is 12.6. The first-order valence-electron chi connectivity index (χ1n) is 8.24. The second-order valence-corrected chi connectivity index (χ2v) is 5.73. The van der Waals surface area contributed by atoms with Crippen LogP contribution in [0.25, 0.3) is 11.4 Å². The fourth-order valence-electron chi connectivity index (χ4n) is 2.65. The lowest BCUT2D eigenvalue weighted by Gasteiger charge is -2.09. The van der Waals surface area contributed by atoms with Gasteiger partial charge in [-0.1, -0.05) is 36.4 Å². The van der Waals surface area contributed by atoms with Gasteiger partial charge < -0.3 is 9.88 Å². The molecule has 0 unspecified atom stereocenters. The molecular weight excluding hydrogens is 332 g/mol. The molecule has 1 amide bonds. The monoisotopic (exact) mass is 350 g/mol. The van der Waals surface area contributed by atoms with E-state index in [1.165, 1.54) is 18.2 Å². The van der Waals surface area contributed by atoms with Crippen molar-refractivity contribution in [3.8, 4) is 11.4 Å². The Bertz CT molecular complexity index is 906. The molecule has 26 heavy (non-hydrogen) atoms. The number of aryl methyl sites for hydroxylation is 1. The number of carbonyl (C=O) groups excluding carboxylic acids is 1. The number of nitro benzene ring substituents is 1. The van der Waals surface area contributed by atoms with Gasteiger partial charge in [0, 0.05) is 48.7 Å². The summed E-state index contributed by atoms with van der Waals surface area (Å²) in [5, 5.41) is 13.6. The molecule has 0 atom stereocenters. The van der Waals surface area contributed by atoms with Gasteiger partial charge in [-0.25, -0.2) is 4.98 Å². The summed E-state index contributed by atoms with van der Waals surface area (Å²) in [7, 11) is 0. The maximum Gasteiger partial charge on any atom is 0.270 e. The van der Waals surface area contributed by atoms with Crippen molar-refractivity contribution in [2.75, 3.05) is 6.54 Å². The van der Waals surface area contributed by atoms with Crippen LogP contribution in [0.3, 0.4) is 0 Å². The zero-order valence-electron chi connectivity index (χ0n) is 14.0. The summed E-state index contributed by atoms with van der Waals surface area (Å²) in [6, 6.07) is 15.6. The second-order valence-electron chi connectivity index (χ2n) is 5.73. The molecule has 0 aliphatic carbocycles. The number of aromatic nitrogens is 2. The SMILES string of the molecule is O=C(NCCCn1ccnc1-c1ccccc1)c1cccc([N+](=O)[O-])c1. The summed E-state index contributed by atoms with van der Waals surface area (Å²) in [6.45, 7) is 1.17. The van der Waals surface area contributed by atoms with E-state index >= 15 is 0 Å². The molecule has 132 valence electrons. The fraction of sp³-hybridized carbons (Fsp3) is 0.158. The molecule has 0 aliphatic heterocycles. The topological polar surface area (TPSA) is 90.1 Å². The molecule has 1 heterocycles. The number of non-ortho nitro benzene ring substituents is 1. The van der Waals surface area contributed by atoms with Gasteiger partial charge >= 0.3 is 0 Å². The lowest BCUT2D eigenvalue weighted by molar-refractivity contribution is -0.384. The minimum atomic E-state index is -0.513. The highest BCUT2D eigenvalue weighted by atomic mass is 16.6. The van der Waals surface area contributed by atoms with Crippen LogP contribution in [0.4, 0.5) is 5.69 Å². The molecule has 0 bridgehead atoms. The molecule has 3 aromatic rings. The molecule has 7 nitrogen and oxygen atoms in total. The van der Waals surface area contributed by atoms with Crippen LogP contribution in [-0.2, 0) is 6.54 Å². The van der Waals surface area contributed by atoms with Gasteiger partial charge in [0.25, 0.3) is 11.6 Å². The van der Waals surface area contributed by atoms with Crippen LogP contribution >= 0.6 is 0 Å². The molecule has 0 aliphatic rings. The predicted octanol–water partition coefficient (Wildman–Crippen LogP) is 3.28. The number of amides is 1. The molecule has 0 saturated heterocycles. The summed E-state index contributed by atoms with van der Waals surface area (Å²) >= 11 is 0. The number of imidazole rings is 1. The van der Waals surface area contributed by atoms with E-state index in [4.69, 9.17) is 0 Å². The van der Waals surface area contributed by atoms with Crippen LogP contribution in [-0.4, -0.2) is 26.9 Å². The second kappa shape index (κ2) is 8.06. The van der Waals surface area contributed by atoms with E-state index in [9.17, 15) is 14.9 Å². The van der Waals surface area contributed by atoms with E-state index in [0.29, 0.717) is 13.1 Å². The molecule has 0 fully saturated rings. The molecule has 7 heteroatoms. The summed E-state index contributed by atoms with van der Waals surface area (Å²) in [5.41, 5.74) is 1.23. The van der Waals surface area contributed by atoms with E-state index in [0.717, 1.165) is 17.8 Å². The van der Waals surface area contributed by atoms with Gasteiger partial charge in [0.1, 0.15) is 5.82 Å². The third-order valence-electron chi connectivity index (χ3n) is 3.93. The molecule has 0 saturated carbocycles. The Morgan fingerprint density at radius 3 is 2.73 bits per heavy atom. The van der Waals surface area contributed by atoms with Crippen LogP contribution in [0, 0.1) is 10.1 Å². The molecular formula is C19H18N4O3. The summed E-state index contributed by atoms with van der Waals surface area (Å²) in [6.07, 6.45) is 4.38. The quantitative estimate of drug-likeness (QED) is 0.402. The molecule has 2 aromatic carbocycles.